The van der Waals surface area contributed by atoms with Gasteiger partial charge < -0.3 is 9.47 Å². The molecule has 1 fully saturated rings. The molecular formula is C12H12ClNO3. The number of rotatable bonds is 4. The van der Waals surface area contributed by atoms with Crippen molar-refractivity contribution in [3.63, 3.8) is 0 Å². The number of isocyanates is 1. The fourth-order valence-electron chi connectivity index (χ4n) is 1.87. The molecule has 0 amide bonds. The van der Waals surface area contributed by atoms with Gasteiger partial charge in [0.15, 0.2) is 0 Å². The number of hydrogen-bond donors (Lipinski definition) is 0. The van der Waals surface area contributed by atoms with Gasteiger partial charge in [0.25, 0.3) is 0 Å². The smallest absolute Gasteiger partial charge is 0.235 e. The zero-order valence-corrected chi connectivity index (χ0v) is 10.4. The van der Waals surface area contributed by atoms with Crippen LogP contribution in [0.2, 0.25) is 5.02 Å². The Morgan fingerprint density at radius 3 is 2.41 bits per heavy atom. The van der Waals surface area contributed by atoms with Crippen LogP contribution in [0.1, 0.15) is 18.4 Å². The molecule has 1 saturated carbocycles. The van der Waals surface area contributed by atoms with Crippen molar-refractivity contribution >= 4 is 17.7 Å². The molecule has 0 bridgehead atoms. The van der Waals surface area contributed by atoms with E-state index in [0.717, 1.165) is 18.4 Å². The molecule has 90 valence electrons. The van der Waals surface area contributed by atoms with Gasteiger partial charge in [-0.3, -0.25) is 0 Å². The lowest BCUT2D eigenvalue weighted by atomic mass is 10.0. The van der Waals surface area contributed by atoms with Gasteiger partial charge in [-0.25, -0.2) is 4.79 Å². The largest absolute Gasteiger partial charge is 0.496 e. The predicted molar refractivity (Wildman–Crippen MR) is 63.6 cm³/mol. The summed E-state index contributed by atoms with van der Waals surface area (Å²) in [6.07, 6.45) is 3.23. The van der Waals surface area contributed by atoms with E-state index < -0.39 is 5.54 Å². The van der Waals surface area contributed by atoms with Gasteiger partial charge >= 0.3 is 0 Å². The van der Waals surface area contributed by atoms with E-state index in [-0.39, 0.29) is 0 Å². The minimum atomic E-state index is -0.497. The van der Waals surface area contributed by atoms with Gasteiger partial charge in [-0.2, -0.15) is 4.99 Å². The third-order valence-electron chi connectivity index (χ3n) is 2.96. The van der Waals surface area contributed by atoms with Crippen LogP contribution in [0.25, 0.3) is 0 Å². The highest BCUT2D eigenvalue weighted by atomic mass is 35.5. The Kier molecular flexibility index (Phi) is 3.09. The lowest BCUT2D eigenvalue weighted by Crippen LogP contribution is -2.05. The Morgan fingerprint density at radius 2 is 1.94 bits per heavy atom. The first-order valence-electron chi connectivity index (χ1n) is 5.18. The molecule has 5 heteroatoms. The van der Waals surface area contributed by atoms with Crippen molar-refractivity contribution in [2.45, 2.75) is 18.4 Å². The molecule has 0 unspecified atom stereocenters. The molecule has 2 rings (SSSR count). The monoisotopic (exact) mass is 253 g/mol. The zero-order chi connectivity index (χ0) is 12.5. The van der Waals surface area contributed by atoms with Crippen LogP contribution in [0.4, 0.5) is 0 Å². The van der Waals surface area contributed by atoms with Gasteiger partial charge in [0.05, 0.1) is 19.2 Å². The number of benzene rings is 1. The van der Waals surface area contributed by atoms with Crippen LogP contribution in [0.15, 0.2) is 17.1 Å². The Morgan fingerprint density at radius 1 is 1.29 bits per heavy atom. The Labute approximate surface area is 104 Å². The quantitative estimate of drug-likeness (QED) is 0.612. The number of nitrogens with zero attached hydrogens (tertiary/aromatic N) is 1. The Hall–Kier alpha value is -1.51. The van der Waals surface area contributed by atoms with Gasteiger partial charge in [0.2, 0.25) is 6.08 Å². The van der Waals surface area contributed by atoms with E-state index in [0.29, 0.717) is 16.5 Å². The van der Waals surface area contributed by atoms with Crippen LogP contribution in [0.5, 0.6) is 11.5 Å². The van der Waals surface area contributed by atoms with Crippen molar-refractivity contribution in [3.05, 3.63) is 22.7 Å². The second kappa shape index (κ2) is 4.40. The summed E-state index contributed by atoms with van der Waals surface area (Å²) in [5.74, 6) is 1.17. The number of methoxy groups -OCH3 is 2. The molecule has 0 atom stereocenters. The van der Waals surface area contributed by atoms with Gasteiger partial charge in [-0.15, -0.1) is 0 Å². The number of carbonyl (C=O) groups excluding carboxylic acids is 1. The fourth-order valence-corrected chi connectivity index (χ4v) is 2.11. The van der Waals surface area contributed by atoms with Crippen LogP contribution in [-0.2, 0) is 10.3 Å². The second-order valence-corrected chi connectivity index (χ2v) is 4.33. The minimum Gasteiger partial charge on any atom is -0.496 e. The van der Waals surface area contributed by atoms with E-state index in [4.69, 9.17) is 21.1 Å². The van der Waals surface area contributed by atoms with Crippen LogP contribution in [-0.4, -0.2) is 20.3 Å². The topological polar surface area (TPSA) is 47.9 Å². The number of hydrogen-bond acceptors (Lipinski definition) is 4. The predicted octanol–water partition coefficient (Wildman–Crippen LogP) is 2.68. The van der Waals surface area contributed by atoms with Crippen molar-refractivity contribution < 1.29 is 14.3 Å². The third-order valence-corrected chi connectivity index (χ3v) is 3.25. The summed E-state index contributed by atoms with van der Waals surface area (Å²) < 4.78 is 10.4. The van der Waals surface area contributed by atoms with Gasteiger partial charge in [0.1, 0.15) is 17.0 Å². The maximum atomic E-state index is 10.5. The third kappa shape index (κ3) is 2.02. The van der Waals surface area contributed by atoms with Crippen molar-refractivity contribution in [2.75, 3.05) is 14.2 Å². The molecular weight excluding hydrogens is 242 g/mol. The average Bonchev–Trinajstić information content (AvgIpc) is 3.10. The molecule has 0 spiro atoms. The molecule has 0 N–H and O–H groups in total. The minimum absolute atomic E-state index is 0.482. The molecule has 1 aromatic rings. The van der Waals surface area contributed by atoms with E-state index in [1.54, 1.807) is 25.3 Å². The molecule has 0 aliphatic heterocycles. The van der Waals surface area contributed by atoms with E-state index in [9.17, 15) is 4.79 Å². The maximum absolute atomic E-state index is 10.5. The normalized spacial score (nSPS) is 15.9. The molecule has 1 aliphatic carbocycles. The lowest BCUT2D eigenvalue weighted by Gasteiger charge is -2.15. The van der Waals surface area contributed by atoms with Crippen molar-refractivity contribution in [3.8, 4) is 11.5 Å². The second-order valence-electron chi connectivity index (χ2n) is 3.92. The SMILES string of the molecule is COc1cc(OC)c(C2(N=C=O)CC2)cc1Cl. The summed E-state index contributed by atoms with van der Waals surface area (Å²) in [5, 5.41) is 0.482. The highest BCUT2D eigenvalue weighted by Gasteiger charge is 2.47. The lowest BCUT2D eigenvalue weighted by molar-refractivity contribution is 0.387. The van der Waals surface area contributed by atoms with Crippen LogP contribution >= 0.6 is 11.6 Å². The number of aliphatic imine (C=N–C) groups is 1. The highest BCUT2D eigenvalue weighted by Crippen LogP contribution is 2.53. The van der Waals surface area contributed by atoms with E-state index in [1.807, 2.05) is 0 Å². The summed E-state index contributed by atoms with van der Waals surface area (Å²) in [6, 6.07) is 3.45. The zero-order valence-electron chi connectivity index (χ0n) is 9.62. The summed E-state index contributed by atoms with van der Waals surface area (Å²) in [6.45, 7) is 0. The first kappa shape index (κ1) is 12.0. The summed E-state index contributed by atoms with van der Waals surface area (Å²) in [4.78, 5) is 14.3. The van der Waals surface area contributed by atoms with E-state index in [1.165, 1.54) is 7.11 Å². The fraction of sp³-hybridized carbons (Fsp3) is 0.417. The average molecular weight is 254 g/mol. The first-order chi connectivity index (χ1) is 8.16. The van der Waals surface area contributed by atoms with Gasteiger partial charge in [-0.1, -0.05) is 11.6 Å². The number of ether oxygens (including phenoxy) is 2. The van der Waals surface area contributed by atoms with Crippen molar-refractivity contribution in [2.24, 2.45) is 4.99 Å². The van der Waals surface area contributed by atoms with Gasteiger partial charge in [0, 0.05) is 11.6 Å². The van der Waals surface area contributed by atoms with Crippen LogP contribution < -0.4 is 9.47 Å². The molecule has 0 aromatic heterocycles. The molecule has 1 aromatic carbocycles. The maximum Gasteiger partial charge on any atom is 0.235 e. The summed E-state index contributed by atoms with van der Waals surface area (Å²) in [7, 11) is 3.10. The highest BCUT2D eigenvalue weighted by molar-refractivity contribution is 6.32. The van der Waals surface area contributed by atoms with E-state index >= 15 is 0 Å². The van der Waals surface area contributed by atoms with Crippen molar-refractivity contribution in [1.82, 2.24) is 0 Å². The van der Waals surface area contributed by atoms with Crippen LogP contribution in [0, 0.1) is 0 Å². The molecule has 0 saturated heterocycles. The summed E-state index contributed by atoms with van der Waals surface area (Å²) >= 11 is 6.07. The number of halogens is 1. The van der Waals surface area contributed by atoms with Crippen molar-refractivity contribution in [1.29, 1.82) is 0 Å². The molecule has 17 heavy (non-hydrogen) atoms. The van der Waals surface area contributed by atoms with E-state index in [2.05, 4.69) is 4.99 Å². The molecule has 1 aliphatic rings. The molecule has 0 heterocycles. The Bertz CT molecular complexity index is 491. The molecule has 4 nitrogen and oxygen atoms in total. The van der Waals surface area contributed by atoms with Gasteiger partial charge in [-0.05, 0) is 18.9 Å². The Balaban J connectivity index is 2.54. The molecule has 0 radical (unpaired) electrons. The first-order valence-corrected chi connectivity index (χ1v) is 5.55. The standard InChI is InChI=1S/C12H12ClNO3/c1-16-10-6-11(17-2)9(13)5-8(10)12(3-4-12)14-7-15/h5-6H,3-4H2,1-2H3. The summed E-state index contributed by atoms with van der Waals surface area (Å²) in [5.41, 5.74) is 0.317. The van der Waals surface area contributed by atoms with Crippen LogP contribution in [0.3, 0.4) is 0 Å².